The second-order valence-corrected chi connectivity index (χ2v) is 8.21. The Morgan fingerprint density at radius 3 is 2.78 bits per heavy atom. The summed E-state index contributed by atoms with van der Waals surface area (Å²) in [7, 11) is -3.32. The molecule has 3 nitrogen and oxygen atoms in total. The molecule has 102 valence electrons. The van der Waals surface area contributed by atoms with E-state index >= 15 is 0 Å². The van der Waals surface area contributed by atoms with E-state index in [1.165, 1.54) is 11.3 Å². The second kappa shape index (κ2) is 5.49. The molecule has 2 heterocycles. The fourth-order valence-corrected chi connectivity index (χ4v) is 5.56. The van der Waals surface area contributed by atoms with Crippen LogP contribution in [0.15, 0.2) is 11.0 Å². The third kappa shape index (κ3) is 2.59. The van der Waals surface area contributed by atoms with Crippen LogP contribution in [0.4, 0.5) is 0 Å². The van der Waals surface area contributed by atoms with Crippen LogP contribution in [-0.2, 0) is 15.9 Å². The van der Waals surface area contributed by atoms with Gasteiger partial charge in [-0.1, -0.05) is 13.3 Å². The Morgan fingerprint density at radius 2 is 2.28 bits per heavy atom. The quantitative estimate of drug-likeness (QED) is 0.801. The first-order valence-electron chi connectivity index (χ1n) is 6.14. The first-order chi connectivity index (χ1) is 8.48. The third-order valence-corrected chi connectivity index (χ3v) is 7.12. The largest absolute Gasteiger partial charge is 0.244 e. The molecular formula is C12H18ClNO2S2. The van der Waals surface area contributed by atoms with Crippen molar-refractivity contribution in [2.45, 2.75) is 37.5 Å². The van der Waals surface area contributed by atoms with Gasteiger partial charge in [0, 0.05) is 22.8 Å². The molecule has 6 heteroatoms. The van der Waals surface area contributed by atoms with Crippen LogP contribution in [0.1, 0.15) is 29.5 Å². The third-order valence-electron chi connectivity index (χ3n) is 3.50. The molecule has 1 unspecified atom stereocenters. The van der Waals surface area contributed by atoms with Crippen LogP contribution in [0, 0.1) is 12.8 Å². The van der Waals surface area contributed by atoms with E-state index in [0.29, 0.717) is 29.8 Å². The fourth-order valence-electron chi connectivity index (χ4n) is 2.33. The van der Waals surface area contributed by atoms with Gasteiger partial charge in [0.1, 0.15) is 0 Å². The standard InChI is InChI=1S/C12H18ClNO2S2/c1-3-10-4-5-14(8-10)18(15,16)12-6-11(7-13)17-9(12)2/h6,10H,3-5,7-8H2,1-2H3. The van der Waals surface area contributed by atoms with Gasteiger partial charge >= 0.3 is 0 Å². The maximum absolute atomic E-state index is 12.5. The first-order valence-corrected chi connectivity index (χ1v) is 8.93. The minimum atomic E-state index is -3.32. The minimum absolute atomic E-state index is 0.374. The smallest absolute Gasteiger partial charge is 0.207 e. The van der Waals surface area contributed by atoms with Crippen molar-refractivity contribution in [3.63, 3.8) is 0 Å². The summed E-state index contributed by atoms with van der Waals surface area (Å²) in [6, 6.07) is 1.72. The SMILES string of the molecule is CCC1CCN(S(=O)(=O)c2cc(CCl)sc2C)C1. The van der Waals surface area contributed by atoms with Crippen molar-refractivity contribution in [3.05, 3.63) is 15.8 Å². The van der Waals surface area contributed by atoms with E-state index in [1.54, 1.807) is 10.4 Å². The van der Waals surface area contributed by atoms with Gasteiger partial charge in [0.25, 0.3) is 0 Å². The molecule has 1 fully saturated rings. The number of nitrogens with zero attached hydrogens (tertiary/aromatic N) is 1. The van der Waals surface area contributed by atoms with Crippen LogP contribution in [0.2, 0.25) is 0 Å². The lowest BCUT2D eigenvalue weighted by molar-refractivity contribution is 0.453. The zero-order chi connectivity index (χ0) is 13.3. The van der Waals surface area contributed by atoms with Crippen LogP contribution in [0.25, 0.3) is 0 Å². The van der Waals surface area contributed by atoms with E-state index in [9.17, 15) is 8.42 Å². The van der Waals surface area contributed by atoms with Gasteiger partial charge in [-0.05, 0) is 25.3 Å². The van der Waals surface area contributed by atoms with E-state index in [-0.39, 0.29) is 0 Å². The molecule has 0 N–H and O–H groups in total. The van der Waals surface area contributed by atoms with Crippen molar-refractivity contribution in [2.75, 3.05) is 13.1 Å². The minimum Gasteiger partial charge on any atom is -0.207 e. The monoisotopic (exact) mass is 307 g/mol. The maximum atomic E-state index is 12.5. The molecule has 1 aliphatic rings. The molecule has 0 radical (unpaired) electrons. The van der Waals surface area contributed by atoms with Crippen molar-refractivity contribution in [1.82, 2.24) is 4.31 Å². The zero-order valence-corrected chi connectivity index (χ0v) is 13.0. The fraction of sp³-hybridized carbons (Fsp3) is 0.667. The second-order valence-electron chi connectivity index (χ2n) is 4.69. The average Bonchev–Trinajstić information content (AvgIpc) is 2.95. The number of sulfonamides is 1. The Kier molecular flexibility index (Phi) is 4.36. The van der Waals surface area contributed by atoms with Gasteiger partial charge in [0.05, 0.1) is 10.8 Å². The Labute approximate surface area is 118 Å². The molecule has 0 saturated carbocycles. The van der Waals surface area contributed by atoms with E-state index in [4.69, 9.17) is 11.6 Å². The molecule has 1 saturated heterocycles. The zero-order valence-electron chi connectivity index (χ0n) is 10.6. The Morgan fingerprint density at radius 1 is 1.56 bits per heavy atom. The number of thiophene rings is 1. The molecule has 0 aromatic carbocycles. The summed E-state index contributed by atoms with van der Waals surface area (Å²) in [5.41, 5.74) is 0. The lowest BCUT2D eigenvalue weighted by Crippen LogP contribution is -2.29. The van der Waals surface area contributed by atoms with Crippen LogP contribution >= 0.6 is 22.9 Å². The van der Waals surface area contributed by atoms with Crippen molar-refractivity contribution in [2.24, 2.45) is 5.92 Å². The molecule has 0 amide bonds. The molecule has 0 bridgehead atoms. The summed E-state index contributed by atoms with van der Waals surface area (Å²) >= 11 is 7.24. The van der Waals surface area contributed by atoms with Gasteiger partial charge in [-0.15, -0.1) is 22.9 Å². The topological polar surface area (TPSA) is 37.4 Å². The lowest BCUT2D eigenvalue weighted by Gasteiger charge is -2.16. The average molecular weight is 308 g/mol. The van der Waals surface area contributed by atoms with Crippen molar-refractivity contribution in [3.8, 4) is 0 Å². The van der Waals surface area contributed by atoms with Crippen molar-refractivity contribution < 1.29 is 8.42 Å². The Hall–Kier alpha value is -0.100. The van der Waals surface area contributed by atoms with Crippen LogP contribution < -0.4 is 0 Å². The molecule has 18 heavy (non-hydrogen) atoms. The predicted molar refractivity (Wildman–Crippen MR) is 75.8 cm³/mol. The summed E-state index contributed by atoms with van der Waals surface area (Å²) in [5, 5.41) is 0. The molecule has 1 aliphatic heterocycles. The predicted octanol–water partition coefficient (Wildman–Crippen LogP) is 3.22. The van der Waals surface area contributed by atoms with Gasteiger partial charge < -0.3 is 0 Å². The van der Waals surface area contributed by atoms with E-state index in [0.717, 1.165) is 22.6 Å². The Balaban J connectivity index is 2.28. The molecule has 0 aliphatic carbocycles. The number of halogens is 1. The molecule has 1 atom stereocenters. The highest BCUT2D eigenvalue weighted by atomic mass is 35.5. The lowest BCUT2D eigenvalue weighted by atomic mass is 10.1. The van der Waals surface area contributed by atoms with Gasteiger partial charge in [-0.25, -0.2) is 8.42 Å². The van der Waals surface area contributed by atoms with Gasteiger partial charge in [-0.2, -0.15) is 4.31 Å². The number of alkyl halides is 1. The molecule has 1 aromatic heterocycles. The van der Waals surface area contributed by atoms with Gasteiger partial charge in [0.15, 0.2) is 0 Å². The summed E-state index contributed by atoms with van der Waals surface area (Å²) in [6.45, 7) is 5.26. The van der Waals surface area contributed by atoms with Gasteiger partial charge in [-0.3, -0.25) is 0 Å². The number of hydrogen-bond acceptors (Lipinski definition) is 3. The van der Waals surface area contributed by atoms with E-state index in [2.05, 4.69) is 6.92 Å². The van der Waals surface area contributed by atoms with Crippen molar-refractivity contribution >= 4 is 33.0 Å². The first kappa shape index (κ1) is 14.3. The molecular weight excluding hydrogens is 290 g/mol. The highest BCUT2D eigenvalue weighted by Gasteiger charge is 2.33. The maximum Gasteiger partial charge on any atom is 0.244 e. The molecule has 0 spiro atoms. The summed E-state index contributed by atoms with van der Waals surface area (Å²) < 4.78 is 26.7. The van der Waals surface area contributed by atoms with E-state index < -0.39 is 10.0 Å². The van der Waals surface area contributed by atoms with Crippen LogP contribution in [0.3, 0.4) is 0 Å². The van der Waals surface area contributed by atoms with Crippen LogP contribution in [0.5, 0.6) is 0 Å². The van der Waals surface area contributed by atoms with Gasteiger partial charge in [0.2, 0.25) is 10.0 Å². The summed E-state index contributed by atoms with van der Waals surface area (Å²) in [5.74, 6) is 0.879. The van der Waals surface area contributed by atoms with Crippen molar-refractivity contribution in [1.29, 1.82) is 0 Å². The molecule has 1 aromatic rings. The van der Waals surface area contributed by atoms with Crippen LogP contribution in [-0.4, -0.2) is 25.8 Å². The Bertz CT molecular complexity index is 524. The number of aryl methyl sites for hydroxylation is 1. The highest BCUT2D eigenvalue weighted by molar-refractivity contribution is 7.89. The van der Waals surface area contributed by atoms with E-state index in [1.807, 2.05) is 6.92 Å². The summed E-state index contributed by atoms with van der Waals surface area (Å²) in [4.78, 5) is 2.20. The summed E-state index contributed by atoms with van der Waals surface area (Å²) in [6.07, 6.45) is 2.02. The number of hydrogen-bond donors (Lipinski definition) is 0. The number of rotatable bonds is 4. The molecule has 2 rings (SSSR count). The highest BCUT2D eigenvalue weighted by Crippen LogP contribution is 2.32. The normalized spacial score (nSPS) is 21.6.